The van der Waals surface area contributed by atoms with Gasteiger partial charge in [-0.2, -0.15) is 0 Å². The van der Waals surface area contributed by atoms with Gasteiger partial charge in [-0.25, -0.2) is 4.98 Å². The SMILES string of the molecule is O=C(Nc1ccc2oc(-c3ccc(Br)cc3)nc2c1)c1ccccc1Cl. The lowest BCUT2D eigenvalue weighted by Crippen LogP contribution is -2.12. The number of hydrogen-bond acceptors (Lipinski definition) is 3. The van der Waals surface area contributed by atoms with E-state index in [2.05, 4.69) is 26.2 Å². The highest BCUT2D eigenvalue weighted by Gasteiger charge is 2.12. The molecule has 0 bridgehead atoms. The van der Waals surface area contributed by atoms with Crippen molar-refractivity contribution in [1.82, 2.24) is 4.98 Å². The highest BCUT2D eigenvalue weighted by atomic mass is 79.9. The molecule has 4 rings (SSSR count). The fourth-order valence-corrected chi connectivity index (χ4v) is 3.05. The van der Waals surface area contributed by atoms with Crippen molar-refractivity contribution in [2.45, 2.75) is 0 Å². The molecule has 0 saturated heterocycles. The Morgan fingerprint density at radius 1 is 1.04 bits per heavy atom. The number of aromatic nitrogens is 1. The second-order valence-corrected chi connectivity index (χ2v) is 6.97. The van der Waals surface area contributed by atoms with Gasteiger partial charge in [0.05, 0.1) is 10.6 Å². The zero-order valence-electron chi connectivity index (χ0n) is 13.4. The van der Waals surface area contributed by atoms with Crippen molar-refractivity contribution >= 4 is 50.2 Å². The van der Waals surface area contributed by atoms with Crippen LogP contribution in [0.4, 0.5) is 5.69 Å². The summed E-state index contributed by atoms with van der Waals surface area (Å²) in [6.07, 6.45) is 0. The van der Waals surface area contributed by atoms with Crippen molar-refractivity contribution in [2.24, 2.45) is 0 Å². The normalized spacial score (nSPS) is 10.8. The zero-order chi connectivity index (χ0) is 18.1. The van der Waals surface area contributed by atoms with Crippen LogP contribution in [0.1, 0.15) is 10.4 Å². The van der Waals surface area contributed by atoms with E-state index in [4.69, 9.17) is 16.0 Å². The first-order valence-electron chi connectivity index (χ1n) is 7.82. The first-order valence-corrected chi connectivity index (χ1v) is 9.00. The number of amides is 1. The van der Waals surface area contributed by atoms with Crippen LogP contribution in [0, 0.1) is 0 Å². The Kier molecular flexibility index (Phi) is 4.49. The van der Waals surface area contributed by atoms with E-state index >= 15 is 0 Å². The molecule has 0 aliphatic heterocycles. The number of oxazole rings is 1. The summed E-state index contributed by atoms with van der Waals surface area (Å²) < 4.78 is 6.79. The fourth-order valence-electron chi connectivity index (χ4n) is 2.56. The van der Waals surface area contributed by atoms with Crippen LogP contribution in [0.25, 0.3) is 22.6 Å². The maximum absolute atomic E-state index is 12.4. The average molecular weight is 428 g/mol. The number of hydrogen-bond donors (Lipinski definition) is 1. The van der Waals surface area contributed by atoms with Gasteiger partial charge in [-0.15, -0.1) is 0 Å². The second-order valence-electron chi connectivity index (χ2n) is 5.64. The minimum atomic E-state index is -0.272. The molecule has 0 radical (unpaired) electrons. The lowest BCUT2D eigenvalue weighted by Gasteiger charge is -2.06. The maximum Gasteiger partial charge on any atom is 0.257 e. The van der Waals surface area contributed by atoms with E-state index in [0.29, 0.717) is 33.3 Å². The molecule has 4 nitrogen and oxygen atoms in total. The third kappa shape index (κ3) is 3.36. The molecule has 26 heavy (non-hydrogen) atoms. The van der Waals surface area contributed by atoms with Crippen molar-refractivity contribution < 1.29 is 9.21 Å². The molecule has 1 N–H and O–H groups in total. The topological polar surface area (TPSA) is 55.1 Å². The quantitative estimate of drug-likeness (QED) is 0.426. The molecule has 1 aromatic heterocycles. The fraction of sp³-hybridized carbons (Fsp3) is 0. The van der Waals surface area contributed by atoms with Gasteiger partial charge in [0.15, 0.2) is 5.58 Å². The highest BCUT2D eigenvalue weighted by Crippen LogP contribution is 2.27. The molecule has 1 heterocycles. The van der Waals surface area contributed by atoms with E-state index in [1.807, 2.05) is 24.3 Å². The maximum atomic E-state index is 12.4. The highest BCUT2D eigenvalue weighted by molar-refractivity contribution is 9.10. The smallest absolute Gasteiger partial charge is 0.257 e. The number of nitrogens with zero attached hydrogens (tertiary/aromatic N) is 1. The van der Waals surface area contributed by atoms with Gasteiger partial charge < -0.3 is 9.73 Å². The lowest BCUT2D eigenvalue weighted by atomic mass is 10.2. The van der Waals surface area contributed by atoms with E-state index in [1.54, 1.807) is 42.5 Å². The summed E-state index contributed by atoms with van der Waals surface area (Å²) in [5.74, 6) is 0.258. The van der Waals surface area contributed by atoms with Gasteiger partial charge in [-0.05, 0) is 54.6 Å². The van der Waals surface area contributed by atoms with Crippen molar-refractivity contribution in [3.8, 4) is 11.5 Å². The first-order chi connectivity index (χ1) is 12.6. The van der Waals surface area contributed by atoms with Gasteiger partial charge in [0.2, 0.25) is 5.89 Å². The van der Waals surface area contributed by atoms with E-state index in [-0.39, 0.29) is 5.91 Å². The predicted molar refractivity (Wildman–Crippen MR) is 107 cm³/mol. The zero-order valence-corrected chi connectivity index (χ0v) is 15.7. The molecular weight excluding hydrogens is 416 g/mol. The number of carbonyl (C=O) groups is 1. The monoisotopic (exact) mass is 426 g/mol. The minimum Gasteiger partial charge on any atom is -0.436 e. The molecule has 0 saturated carbocycles. The van der Waals surface area contributed by atoms with E-state index in [9.17, 15) is 4.79 Å². The van der Waals surface area contributed by atoms with Crippen LogP contribution in [0.3, 0.4) is 0 Å². The van der Waals surface area contributed by atoms with Crippen LogP contribution in [0.5, 0.6) is 0 Å². The lowest BCUT2D eigenvalue weighted by molar-refractivity contribution is 0.102. The molecule has 0 aliphatic carbocycles. The molecule has 6 heteroatoms. The van der Waals surface area contributed by atoms with Crippen LogP contribution in [0.2, 0.25) is 5.02 Å². The Morgan fingerprint density at radius 3 is 2.58 bits per heavy atom. The van der Waals surface area contributed by atoms with Crippen LogP contribution in [0.15, 0.2) is 75.6 Å². The molecule has 128 valence electrons. The van der Waals surface area contributed by atoms with E-state index < -0.39 is 0 Å². The molecule has 3 aromatic carbocycles. The van der Waals surface area contributed by atoms with Crippen molar-refractivity contribution in [3.05, 3.63) is 81.8 Å². The summed E-state index contributed by atoms with van der Waals surface area (Å²) in [6.45, 7) is 0. The predicted octanol–water partition coefficient (Wildman–Crippen LogP) is 6.16. The molecule has 1 amide bonds. The van der Waals surface area contributed by atoms with Gasteiger partial charge >= 0.3 is 0 Å². The number of rotatable bonds is 3. The van der Waals surface area contributed by atoms with Gasteiger partial charge in [0.25, 0.3) is 5.91 Å². The molecule has 0 atom stereocenters. The van der Waals surface area contributed by atoms with Crippen molar-refractivity contribution in [3.63, 3.8) is 0 Å². The number of carbonyl (C=O) groups excluding carboxylic acids is 1. The molecule has 4 aromatic rings. The molecular formula is C20H12BrClN2O2. The Morgan fingerprint density at radius 2 is 1.81 bits per heavy atom. The summed E-state index contributed by atoms with van der Waals surface area (Å²) in [6, 6.07) is 20.0. The summed E-state index contributed by atoms with van der Waals surface area (Å²) in [4.78, 5) is 16.9. The van der Waals surface area contributed by atoms with Crippen molar-refractivity contribution in [1.29, 1.82) is 0 Å². The first kappa shape index (κ1) is 16.8. The van der Waals surface area contributed by atoms with Crippen LogP contribution in [-0.2, 0) is 0 Å². The standard InChI is InChI=1S/C20H12BrClN2O2/c21-13-7-5-12(6-8-13)20-24-17-11-14(9-10-18(17)26-20)23-19(25)15-3-1-2-4-16(15)22/h1-11H,(H,23,25). The number of fused-ring (bicyclic) bond motifs is 1. The second kappa shape index (κ2) is 6.94. The number of halogens is 2. The van der Waals surface area contributed by atoms with E-state index in [1.165, 1.54) is 0 Å². The molecule has 0 unspecified atom stereocenters. The minimum absolute atomic E-state index is 0.272. The van der Waals surface area contributed by atoms with Gasteiger partial charge in [0.1, 0.15) is 5.52 Å². The van der Waals surface area contributed by atoms with Crippen LogP contribution in [-0.4, -0.2) is 10.9 Å². The van der Waals surface area contributed by atoms with Crippen LogP contribution < -0.4 is 5.32 Å². The Bertz CT molecular complexity index is 1110. The number of anilines is 1. The van der Waals surface area contributed by atoms with Crippen LogP contribution >= 0.6 is 27.5 Å². The Hall–Kier alpha value is -2.63. The third-order valence-corrected chi connectivity index (χ3v) is 4.71. The summed E-state index contributed by atoms with van der Waals surface area (Å²) in [5, 5.41) is 3.24. The molecule has 0 aliphatic rings. The third-order valence-electron chi connectivity index (χ3n) is 3.86. The number of benzene rings is 3. The average Bonchev–Trinajstić information content (AvgIpc) is 3.06. The molecule has 0 spiro atoms. The Balaban J connectivity index is 1.62. The molecule has 0 fully saturated rings. The Labute approximate surface area is 162 Å². The van der Waals surface area contributed by atoms with Gasteiger partial charge in [-0.1, -0.05) is 39.7 Å². The summed E-state index contributed by atoms with van der Waals surface area (Å²) >= 11 is 9.48. The van der Waals surface area contributed by atoms with E-state index in [0.717, 1.165) is 10.0 Å². The van der Waals surface area contributed by atoms with Crippen molar-refractivity contribution in [2.75, 3.05) is 5.32 Å². The largest absolute Gasteiger partial charge is 0.436 e. The van der Waals surface area contributed by atoms with Gasteiger partial charge in [0, 0.05) is 15.7 Å². The van der Waals surface area contributed by atoms with Gasteiger partial charge in [-0.3, -0.25) is 4.79 Å². The summed E-state index contributed by atoms with van der Waals surface area (Å²) in [7, 11) is 0. The summed E-state index contributed by atoms with van der Waals surface area (Å²) in [5.41, 5.74) is 3.24. The number of nitrogens with one attached hydrogen (secondary N) is 1.